The van der Waals surface area contributed by atoms with Gasteiger partial charge in [-0.3, -0.25) is 4.79 Å². The average molecular weight is 769 g/mol. The molecule has 10 nitrogen and oxygen atoms in total. The fraction of sp³-hybridized carbons (Fsp3) is 0.739. The highest BCUT2D eigenvalue weighted by molar-refractivity contribution is 5.73. The lowest BCUT2D eigenvalue weighted by Gasteiger charge is -2.71. The van der Waals surface area contributed by atoms with Crippen LogP contribution in [0.25, 0.3) is 17.0 Å². The highest BCUT2D eigenvalue weighted by Gasteiger charge is 2.73. The monoisotopic (exact) mass is 769 g/mol. The SMILES string of the molecule is CN[C@@](C)(CO[C@H]1[C@H](n2ncnc2-c2ccn3ccnc3c2)C[C@]2(C)COC[C@@]13C1=CC[C@@]4(C)[C@H](C(=O)O)[C@@](C)([C@H](C)C(C)C)CC[C@]4(C)[C@H]1CC[C@H]23)C(C)C. The smallest absolute Gasteiger partial charge is 0.307 e. The van der Waals surface area contributed by atoms with Crippen molar-refractivity contribution in [3.8, 4) is 11.4 Å². The maximum atomic E-state index is 13.7. The van der Waals surface area contributed by atoms with E-state index in [1.165, 1.54) is 5.57 Å². The van der Waals surface area contributed by atoms with Crippen LogP contribution in [0.4, 0.5) is 0 Å². The van der Waals surface area contributed by atoms with Gasteiger partial charge in [0, 0.05) is 35.1 Å². The van der Waals surface area contributed by atoms with E-state index in [0.717, 1.165) is 55.6 Å². The number of allylic oxidation sites excluding steroid dienone is 1. The number of fused-ring (bicyclic) bond motifs is 4. The van der Waals surface area contributed by atoms with Gasteiger partial charge >= 0.3 is 5.97 Å². The van der Waals surface area contributed by atoms with Crippen molar-refractivity contribution in [1.29, 1.82) is 0 Å². The van der Waals surface area contributed by atoms with Gasteiger partial charge in [0.1, 0.15) is 12.0 Å². The van der Waals surface area contributed by atoms with Crippen LogP contribution >= 0.6 is 0 Å². The molecule has 5 aliphatic rings. The molecule has 0 radical (unpaired) electrons. The molecule has 1 saturated heterocycles. The predicted molar refractivity (Wildman–Crippen MR) is 219 cm³/mol. The standard InChI is InChI=1S/C46H68N6O4/c1-28(2)30(5)42(7)17-18-43(8)32-12-13-35-41(6)23-34(52-39(49-27-50-52)31-15-20-51-21-19-48-36(51)22-31)38(56-25-45(10,47-11)29(3)4)46(35,26-55-24-41)33(32)14-16-44(43,9)37(42)40(53)54/h14-15,19-22,27-30,32,34-35,37-38,47H,12-13,16-18,23-26H2,1-11H3,(H,53,54)/t30-,32+,34-,35-,37-,38+,41-,42-,43-,44+,45+,46+/m1/s1. The zero-order valence-corrected chi connectivity index (χ0v) is 35.9. The molecule has 8 rings (SSSR count). The highest BCUT2D eigenvalue weighted by atomic mass is 16.5. The zero-order valence-electron chi connectivity index (χ0n) is 35.9. The van der Waals surface area contributed by atoms with E-state index in [1.54, 1.807) is 6.33 Å². The van der Waals surface area contributed by atoms with Crippen LogP contribution in [0, 0.1) is 62.6 Å². The summed E-state index contributed by atoms with van der Waals surface area (Å²) in [5.41, 5.74) is 1.66. The van der Waals surface area contributed by atoms with E-state index in [2.05, 4.69) is 102 Å². The molecule has 3 aromatic rings. The minimum absolute atomic E-state index is 0.101. The molecular weight excluding hydrogens is 701 g/mol. The first-order valence-corrected chi connectivity index (χ1v) is 21.5. The van der Waals surface area contributed by atoms with Gasteiger partial charge in [-0.25, -0.2) is 14.6 Å². The van der Waals surface area contributed by atoms with Gasteiger partial charge in [0.15, 0.2) is 5.82 Å². The number of carboxylic acids is 1. The Morgan fingerprint density at radius 3 is 2.54 bits per heavy atom. The maximum absolute atomic E-state index is 13.7. The Morgan fingerprint density at radius 1 is 1.07 bits per heavy atom. The fourth-order valence-corrected chi connectivity index (χ4v) is 13.6. The van der Waals surface area contributed by atoms with Crippen molar-refractivity contribution in [3.05, 3.63) is 48.7 Å². The van der Waals surface area contributed by atoms with E-state index < -0.39 is 22.7 Å². The van der Waals surface area contributed by atoms with Gasteiger partial charge in [-0.05, 0) is 116 Å². The van der Waals surface area contributed by atoms with E-state index in [-0.39, 0.29) is 39.8 Å². The van der Waals surface area contributed by atoms with E-state index in [1.807, 2.05) is 30.0 Å². The Bertz CT molecular complexity index is 2000. The van der Waals surface area contributed by atoms with Crippen molar-refractivity contribution in [2.75, 3.05) is 26.9 Å². The second-order valence-corrected chi connectivity index (χ2v) is 20.8. The molecule has 0 spiro atoms. The second kappa shape index (κ2) is 13.5. The van der Waals surface area contributed by atoms with E-state index >= 15 is 0 Å². The molecule has 0 aromatic carbocycles. The van der Waals surface area contributed by atoms with E-state index in [0.29, 0.717) is 43.5 Å². The molecule has 4 fully saturated rings. The van der Waals surface area contributed by atoms with Crippen LogP contribution in [0.3, 0.4) is 0 Å². The van der Waals surface area contributed by atoms with Gasteiger partial charge in [0.25, 0.3) is 0 Å². The first kappa shape index (κ1) is 39.7. The van der Waals surface area contributed by atoms with Gasteiger partial charge in [0.05, 0.1) is 37.9 Å². The van der Waals surface area contributed by atoms with Crippen molar-refractivity contribution in [2.24, 2.45) is 62.6 Å². The quantitative estimate of drug-likeness (QED) is 0.197. The number of nitrogens with one attached hydrogen (secondary N) is 1. The summed E-state index contributed by atoms with van der Waals surface area (Å²) in [4.78, 5) is 23.2. The first-order valence-electron chi connectivity index (χ1n) is 21.5. The van der Waals surface area contributed by atoms with E-state index in [9.17, 15) is 9.90 Å². The van der Waals surface area contributed by atoms with Crippen LogP contribution < -0.4 is 5.32 Å². The zero-order chi connectivity index (χ0) is 40.2. The van der Waals surface area contributed by atoms with Gasteiger partial charge in [-0.1, -0.05) is 74.0 Å². The van der Waals surface area contributed by atoms with Crippen molar-refractivity contribution in [2.45, 2.75) is 125 Å². The largest absolute Gasteiger partial charge is 0.481 e. The fourth-order valence-electron chi connectivity index (χ4n) is 13.6. The Labute approximate surface area is 334 Å². The number of aromatic nitrogens is 5. The lowest BCUT2D eigenvalue weighted by molar-refractivity contribution is -0.254. The van der Waals surface area contributed by atoms with Gasteiger partial charge in [-0.2, -0.15) is 5.10 Å². The lowest BCUT2D eigenvalue weighted by atomic mass is 9.34. The number of likely N-dealkylation sites (N-methyl/N-ethyl adjacent to an activating group) is 1. The van der Waals surface area contributed by atoms with Crippen LogP contribution in [-0.4, -0.2) is 73.7 Å². The number of imidazole rings is 1. The number of rotatable bonds is 10. The van der Waals surface area contributed by atoms with Crippen LogP contribution in [-0.2, 0) is 14.3 Å². The second-order valence-electron chi connectivity index (χ2n) is 20.8. The van der Waals surface area contributed by atoms with Crippen molar-refractivity contribution in [1.82, 2.24) is 29.5 Å². The summed E-state index contributed by atoms with van der Waals surface area (Å²) >= 11 is 0. The Kier molecular flexibility index (Phi) is 9.57. The number of hydrogen-bond donors (Lipinski definition) is 2. The predicted octanol–water partition coefficient (Wildman–Crippen LogP) is 8.74. The Hall–Kier alpha value is -3.08. The minimum Gasteiger partial charge on any atom is -0.481 e. The average Bonchev–Trinajstić information content (AvgIpc) is 3.84. The summed E-state index contributed by atoms with van der Waals surface area (Å²) in [6.07, 6.45) is 15.5. The molecule has 3 saturated carbocycles. The third-order valence-corrected chi connectivity index (χ3v) is 18.0. The minimum atomic E-state index is -0.628. The number of nitrogens with zero attached hydrogens (tertiary/aromatic N) is 5. The van der Waals surface area contributed by atoms with Crippen LogP contribution in [0.15, 0.2) is 48.7 Å². The summed E-state index contributed by atoms with van der Waals surface area (Å²) in [5, 5.41) is 19.9. The summed E-state index contributed by atoms with van der Waals surface area (Å²) in [6, 6.07) is 4.10. The molecule has 2 N–H and O–H groups in total. The summed E-state index contributed by atoms with van der Waals surface area (Å²) in [6.45, 7) is 25.0. The molecule has 0 unspecified atom stereocenters. The maximum Gasteiger partial charge on any atom is 0.307 e. The van der Waals surface area contributed by atoms with Crippen molar-refractivity contribution >= 4 is 11.6 Å². The third-order valence-electron chi connectivity index (χ3n) is 18.0. The number of ether oxygens (including phenoxy) is 2. The molecule has 4 aliphatic carbocycles. The topological polar surface area (TPSA) is 116 Å². The number of carbonyl (C=O) groups is 1. The van der Waals surface area contributed by atoms with Gasteiger partial charge in [-0.15, -0.1) is 0 Å². The Morgan fingerprint density at radius 2 is 1.84 bits per heavy atom. The molecular formula is C46H68N6O4. The molecule has 2 bridgehead atoms. The van der Waals surface area contributed by atoms with Gasteiger partial charge < -0.3 is 24.3 Å². The normalized spacial score (nSPS) is 39.7. The summed E-state index contributed by atoms with van der Waals surface area (Å²) in [5.74, 6) is 1.39. The highest BCUT2D eigenvalue weighted by Crippen LogP contribution is 2.75. The van der Waals surface area contributed by atoms with Crippen LogP contribution in [0.2, 0.25) is 0 Å². The number of aliphatic carboxylic acids is 1. The van der Waals surface area contributed by atoms with E-state index in [4.69, 9.17) is 19.6 Å². The summed E-state index contributed by atoms with van der Waals surface area (Å²) < 4.78 is 18.6. The Balaban J connectivity index is 1.29. The molecule has 10 heteroatoms. The molecule has 1 aliphatic heterocycles. The molecule has 56 heavy (non-hydrogen) atoms. The lowest BCUT2D eigenvalue weighted by Crippen LogP contribution is -2.70. The molecule has 4 heterocycles. The molecule has 306 valence electrons. The number of hydrogen-bond acceptors (Lipinski definition) is 7. The van der Waals surface area contributed by atoms with Gasteiger partial charge in [0.2, 0.25) is 0 Å². The van der Waals surface area contributed by atoms with Crippen LogP contribution in [0.5, 0.6) is 0 Å². The molecule has 0 amide bonds. The van der Waals surface area contributed by atoms with Crippen molar-refractivity contribution < 1.29 is 19.4 Å². The van der Waals surface area contributed by atoms with Crippen LogP contribution in [0.1, 0.15) is 114 Å². The van der Waals surface area contributed by atoms with Crippen molar-refractivity contribution in [3.63, 3.8) is 0 Å². The first-order chi connectivity index (χ1) is 26.4. The number of pyridine rings is 1. The molecule has 12 atom stereocenters. The molecule has 3 aromatic heterocycles. The third kappa shape index (κ3) is 5.43. The summed E-state index contributed by atoms with van der Waals surface area (Å²) in [7, 11) is 2.04. The number of carboxylic acid groups (broad SMARTS) is 1.